The van der Waals surface area contributed by atoms with Crippen LogP contribution in [0.3, 0.4) is 0 Å². The highest BCUT2D eigenvalue weighted by Gasteiger charge is 2.17. The van der Waals surface area contributed by atoms with Crippen molar-refractivity contribution in [2.24, 2.45) is 5.41 Å². The van der Waals surface area contributed by atoms with Crippen molar-refractivity contribution in [3.63, 3.8) is 0 Å². The van der Waals surface area contributed by atoms with Gasteiger partial charge in [-0.05, 0) is 36.6 Å². The molecular formula is C17H24N2O3S. The Morgan fingerprint density at radius 3 is 2.91 bits per heavy atom. The summed E-state index contributed by atoms with van der Waals surface area (Å²) in [6.45, 7) is 6.62. The van der Waals surface area contributed by atoms with Crippen LogP contribution in [0, 0.1) is 12.3 Å². The Morgan fingerprint density at radius 2 is 2.26 bits per heavy atom. The normalized spacial score (nSPS) is 11.7. The van der Waals surface area contributed by atoms with Crippen molar-refractivity contribution in [2.45, 2.75) is 40.0 Å². The van der Waals surface area contributed by atoms with Crippen LogP contribution in [0.4, 0.5) is 0 Å². The fourth-order valence-corrected chi connectivity index (χ4v) is 2.84. The number of thiophene rings is 1. The van der Waals surface area contributed by atoms with E-state index in [0.717, 1.165) is 17.7 Å². The smallest absolute Gasteiger partial charge is 0.236 e. The van der Waals surface area contributed by atoms with Crippen LogP contribution in [-0.4, -0.2) is 29.1 Å². The monoisotopic (exact) mass is 336 g/mol. The van der Waals surface area contributed by atoms with Gasteiger partial charge in [0.25, 0.3) is 0 Å². The maximum atomic E-state index is 12.0. The molecule has 0 unspecified atom stereocenters. The quantitative estimate of drug-likeness (QED) is 0.726. The lowest BCUT2D eigenvalue weighted by atomic mass is 9.89. The van der Waals surface area contributed by atoms with Crippen molar-refractivity contribution in [1.82, 2.24) is 10.3 Å². The minimum atomic E-state index is -0.0942. The molecule has 0 saturated heterocycles. The number of nitrogens with one attached hydrogen (secondary N) is 1. The molecule has 0 aromatic carbocycles. The second-order valence-electron chi connectivity index (χ2n) is 6.45. The fraction of sp³-hybridized carbons (Fsp3) is 0.529. The van der Waals surface area contributed by atoms with Crippen LogP contribution < -0.4 is 5.32 Å². The Bertz CT molecular complexity index is 632. The summed E-state index contributed by atoms with van der Waals surface area (Å²) in [5.41, 5.74) is 0.588. The van der Waals surface area contributed by atoms with Gasteiger partial charge in [0.2, 0.25) is 11.8 Å². The summed E-state index contributed by atoms with van der Waals surface area (Å²) >= 11 is 1.56. The van der Waals surface area contributed by atoms with E-state index >= 15 is 0 Å². The average Bonchev–Trinajstić information content (AvgIpc) is 3.14. The second-order valence-corrected chi connectivity index (χ2v) is 7.40. The molecule has 0 spiro atoms. The van der Waals surface area contributed by atoms with Crippen molar-refractivity contribution in [1.29, 1.82) is 0 Å². The molecule has 0 aliphatic carbocycles. The summed E-state index contributed by atoms with van der Waals surface area (Å²) in [6, 6.07) is 3.89. The highest BCUT2D eigenvalue weighted by molar-refractivity contribution is 7.13. The summed E-state index contributed by atoms with van der Waals surface area (Å²) in [5.74, 6) is 1.20. The zero-order chi connectivity index (χ0) is 16.9. The lowest BCUT2D eigenvalue weighted by molar-refractivity contribution is -0.120. The first-order valence-corrected chi connectivity index (χ1v) is 8.67. The van der Waals surface area contributed by atoms with Crippen LogP contribution in [0.5, 0.6) is 0 Å². The van der Waals surface area contributed by atoms with Gasteiger partial charge in [-0.3, -0.25) is 4.79 Å². The molecule has 0 aliphatic heterocycles. The van der Waals surface area contributed by atoms with Crippen molar-refractivity contribution < 1.29 is 14.3 Å². The number of aliphatic hydroxyl groups excluding tert-OH is 1. The zero-order valence-corrected chi connectivity index (χ0v) is 14.7. The molecule has 0 bridgehead atoms. The largest absolute Gasteiger partial charge is 0.440 e. The minimum Gasteiger partial charge on any atom is -0.440 e. The third-order valence-corrected chi connectivity index (χ3v) is 4.59. The Morgan fingerprint density at radius 1 is 1.48 bits per heavy atom. The number of aromatic nitrogens is 1. The van der Waals surface area contributed by atoms with Crippen molar-refractivity contribution in [3.8, 4) is 10.8 Å². The molecule has 2 N–H and O–H groups in total. The molecule has 126 valence electrons. The highest BCUT2D eigenvalue weighted by Crippen LogP contribution is 2.26. The maximum absolute atomic E-state index is 12.0. The van der Waals surface area contributed by atoms with Crippen LogP contribution in [-0.2, 0) is 11.2 Å². The fourth-order valence-electron chi connectivity index (χ4n) is 2.19. The van der Waals surface area contributed by atoms with E-state index in [4.69, 9.17) is 4.42 Å². The zero-order valence-electron chi connectivity index (χ0n) is 13.9. The topological polar surface area (TPSA) is 75.4 Å². The Labute approximate surface area is 140 Å². The van der Waals surface area contributed by atoms with Crippen LogP contribution in [0.2, 0.25) is 0 Å². The molecule has 23 heavy (non-hydrogen) atoms. The first kappa shape index (κ1) is 17.7. The minimum absolute atomic E-state index is 0.0547. The first-order chi connectivity index (χ1) is 10.9. The molecule has 2 aromatic heterocycles. The van der Waals surface area contributed by atoms with E-state index in [-0.39, 0.29) is 24.3 Å². The number of aliphatic hydroxyl groups is 1. The molecule has 0 atom stereocenters. The molecule has 0 fully saturated rings. The number of nitrogens with zero attached hydrogens (tertiary/aromatic N) is 1. The summed E-state index contributed by atoms with van der Waals surface area (Å²) < 4.78 is 5.64. The molecule has 5 nitrogen and oxygen atoms in total. The van der Waals surface area contributed by atoms with Crippen LogP contribution >= 0.6 is 11.3 Å². The van der Waals surface area contributed by atoms with E-state index in [1.54, 1.807) is 11.3 Å². The number of carbonyl (C=O) groups excluding carboxylic acids is 1. The Hall–Kier alpha value is -1.66. The third-order valence-electron chi connectivity index (χ3n) is 3.73. The van der Waals surface area contributed by atoms with Crippen LogP contribution in [0.1, 0.15) is 38.1 Å². The number of hydrogen-bond donors (Lipinski definition) is 2. The second kappa shape index (κ2) is 7.75. The lowest BCUT2D eigenvalue weighted by Gasteiger charge is -2.21. The predicted molar refractivity (Wildman–Crippen MR) is 91.4 cm³/mol. The standard InChI is InChI=1S/C17H24N2O3S/c1-12-13(19-16(22-12)14-6-4-9-23-14)10-15(21)18-8-5-7-17(2,3)11-20/h4,6,9,20H,5,7-8,10-11H2,1-3H3,(H,18,21). The van der Waals surface area contributed by atoms with Gasteiger partial charge in [0.15, 0.2) is 0 Å². The molecule has 6 heteroatoms. The molecule has 0 aliphatic rings. The third kappa shape index (κ3) is 5.18. The van der Waals surface area contributed by atoms with Gasteiger partial charge in [-0.15, -0.1) is 11.3 Å². The van der Waals surface area contributed by atoms with Gasteiger partial charge in [-0.25, -0.2) is 4.98 Å². The SMILES string of the molecule is Cc1oc(-c2cccs2)nc1CC(=O)NCCCC(C)(C)CO. The summed E-state index contributed by atoms with van der Waals surface area (Å²) in [6.07, 6.45) is 1.94. The van der Waals surface area contributed by atoms with E-state index in [1.165, 1.54) is 0 Å². The molecule has 0 radical (unpaired) electrons. The van der Waals surface area contributed by atoms with Crippen molar-refractivity contribution in [3.05, 3.63) is 29.0 Å². The van der Waals surface area contributed by atoms with Crippen molar-refractivity contribution in [2.75, 3.05) is 13.2 Å². The van der Waals surface area contributed by atoms with Gasteiger partial charge in [-0.2, -0.15) is 0 Å². The molecule has 0 saturated carbocycles. The maximum Gasteiger partial charge on any atom is 0.236 e. The predicted octanol–water partition coefficient (Wildman–Crippen LogP) is 3.17. The molecule has 2 rings (SSSR count). The van der Waals surface area contributed by atoms with Gasteiger partial charge in [0.05, 0.1) is 17.0 Å². The van der Waals surface area contributed by atoms with Gasteiger partial charge in [0, 0.05) is 13.2 Å². The van der Waals surface area contributed by atoms with Gasteiger partial charge in [0.1, 0.15) is 5.76 Å². The van der Waals surface area contributed by atoms with Gasteiger partial charge < -0.3 is 14.8 Å². The summed E-state index contributed by atoms with van der Waals surface area (Å²) in [7, 11) is 0. The molecule has 1 amide bonds. The number of carbonyl (C=O) groups is 1. The molecular weight excluding hydrogens is 312 g/mol. The number of rotatable bonds is 8. The van der Waals surface area contributed by atoms with Crippen LogP contribution in [0.25, 0.3) is 10.8 Å². The van der Waals surface area contributed by atoms with Gasteiger partial charge >= 0.3 is 0 Å². The number of amides is 1. The number of hydrogen-bond acceptors (Lipinski definition) is 5. The van der Waals surface area contributed by atoms with E-state index in [0.29, 0.717) is 23.9 Å². The number of aryl methyl sites for hydroxylation is 1. The highest BCUT2D eigenvalue weighted by atomic mass is 32.1. The number of oxazole rings is 1. The van der Waals surface area contributed by atoms with E-state index in [2.05, 4.69) is 10.3 Å². The average molecular weight is 336 g/mol. The summed E-state index contributed by atoms with van der Waals surface area (Å²) in [5, 5.41) is 14.1. The Balaban J connectivity index is 1.82. The lowest BCUT2D eigenvalue weighted by Crippen LogP contribution is -2.28. The molecule has 2 heterocycles. The Kier molecular flexibility index (Phi) is 5.96. The first-order valence-electron chi connectivity index (χ1n) is 7.79. The van der Waals surface area contributed by atoms with E-state index < -0.39 is 0 Å². The molecule has 2 aromatic rings. The van der Waals surface area contributed by atoms with Crippen LogP contribution in [0.15, 0.2) is 21.9 Å². The van der Waals surface area contributed by atoms with Crippen molar-refractivity contribution >= 4 is 17.2 Å². The van der Waals surface area contributed by atoms with E-state index in [9.17, 15) is 9.90 Å². The summed E-state index contributed by atoms with van der Waals surface area (Å²) in [4.78, 5) is 17.4. The van der Waals surface area contributed by atoms with Gasteiger partial charge in [-0.1, -0.05) is 19.9 Å². The van der Waals surface area contributed by atoms with E-state index in [1.807, 2.05) is 38.3 Å².